The molecule has 28 heavy (non-hydrogen) atoms. The molecular weight excluding hydrogens is 399 g/mol. The average Bonchev–Trinajstić information content (AvgIpc) is 2.66. The highest BCUT2D eigenvalue weighted by atomic mass is 35.5. The van der Waals surface area contributed by atoms with Crippen LogP contribution in [0.15, 0.2) is 41.2 Å². The highest BCUT2D eigenvalue weighted by molar-refractivity contribution is 6.50. The Kier molecular flexibility index (Phi) is 6.27. The zero-order chi connectivity index (χ0) is 20.3. The monoisotopic (exact) mass is 418 g/mol. The summed E-state index contributed by atoms with van der Waals surface area (Å²) in [5.41, 5.74) is 0.991. The van der Waals surface area contributed by atoms with Crippen molar-refractivity contribution < 1.29 is 9.47 Å². The molecule has 0 saturated carbocycles. The third kappa shape index (κ3) is 4.66. The van der Waals surface area contributed by atoms with Crippen LogP contribution in [0.25, 0.3) is 22.0 Å². The Labute approximate surface area is 172 Å². The van der Waals surface area contributed by atoms with Crippen LogP contribution in [0.1, 0.15) is 25.2 Å². The Balaban J connectivity index is 1.98. The summed E-state index contributed by atoms with van der Waals surface area (Å²) in [7, 11) is 1.59. The second-order valence-electron chi connectivity index (χ2n) is 6.68. The van der Waals surface area contributed by atoms with Crippen LogP contribution in [0.4, 0.5) is 0 Å². The van der Waals surface area contributed by atoms with E-state index in [0.29, 0.717) is 45.0 Å². The van der Waals surface area contributed by atoms with Gasteiger partial charge in [0.1, 0.15) is 0 Å². The van der Waals surface area contributed by atoms with E-state index in [1.54, 1.807) is 31.4 Å². The topological polar surface area (TPSA) is 64.2 Å². The maximum absolute atomic E-state index is 12.3. The van der Waals surface area contributed by atoms with E-state index in [1.165, 1.54) is 0 Å². The largest absolute Gasteiger partial charge is 0.493 e. The third-order valence-electron chi connectivity index (χ3n) is 3.95. The highest BCUT2D eigenvalue weighted by Gasteiger charge is 2.10. The first-order valence-electron chi connectivity index (χ1n) is 8.75. The molecule has 0 atom stereocenters. The van der Waals surface area contributed by atoms with Gasteiger partial charge in [-0.1, -0.05) is 43.1 Å². The molecule has 0 unspecified atom stereocenters. The molecule has 5 nitrogen and oxygen atoms in total. The summed E-state index contributed by atoms with van der Waals surface area (Å²) in [6.45, 7) is 4.71. The van der Waals surface area contributed by atoms with Crippen molar-refractivity contribution in [2.75, 3.05) is 13.7 Å². The van der Waals surface area contributed by atoms with Crippen molar-refractivity contribution in [2.24, 2.45) is 5.92 Å². The van der Waals surface area contributed by atoms with Crippen molar-refractivity contribution in [1.29, 1.82) is 0 Å². The number of H-pyrrole nitrogens is 1. The SMILES string of the molecule is COc1ccc(/C=C(\Cl)c2nc3cc(Cl)ccc3c(=O)[nH]2)cc1OCC(C)C. The molecule has 1 heterocycles. The number of methoxy groups -OCH3 is 1. The molecule has 0 saturated heterocycles. The van der Waals surface area contributed by atoms with E-state index in [0.717, 1.165) is 5.56 Å². The second-order valence-corrected chi connectivity index (χ2v) is 7.53. The fourth-order valence-corrected chi connectivity index (χ4v) is 2.97. The second kappa shape index (κ2) is 8.67. The van der Waals surface area contributed by atoms with E-state index < -0.39 is 0 Å². The fourth-order valence-electron chi connectivity index (χ4n) is 2.59. The van der Waals surface area contributed by atoms with Gasteiger partial charge in [-0.25, -0.2) is 4.98 Å². The number of hydrogen-bond donors (Lipinski definition) is 1. The third-order valence-corrected chi connectivity index (χ3v) is 4.47. The van der Waals surface area contributed by atoms with Gasteiger partial charge in [0.05, 0.1) is 29.7 Å². The lowest BCUT2D eigenvalue weighted by Crippen LogP contribution is -2.10. The Morgan fingerprint density at radius 3 is 2.71 bits per heavy atom. The van der Waals surface area contributed by atoms with E-state index in [1.807, 2.05) is 18.2 Å². The molecule has 0 radical (unpaired) electrons. The lowest BCUT2D eigenvalue weighted by Gasteiger charge is -2.13. The van der Waals surface area contributed by atoms with Gasteiger partial charge >= 0.3 is 0 Å². The van der Waals surface area contributed by atoms with Gasteiger partial charge in [-0.2, -0.15) is 0 Å². The molecule has 2 aromatic carbocycles. The number of nitrogens with one attached hydrogen (secondary N) is 1. The van der Waals surface area contributed by atoms with Gasteiger partial charge in [-0.3, -0.25) is 4.79 Å². The number of rotatable bonds is 6. The van der Waals surface area contributed by atoms with Crippen LogP contribution < -0.4 is 15.0 Å². The van der Waals surface area contributed by atoms with Crippen molar-refractivity contribution in [1.82, 2.24) is 9.97 Å². The lowest BCUT2D eigenvalue weighted by molar-refractivity contribution is 0.257. The summed E-state index contributed by atoms with van der Waals surface area (Å²) in [6.07, 6.45) is 1.71. The molecular formula is C21H20Cl2N2O3. The fraction of sp³-hybridized carbons (Fsp3) is 0.238. The quantitative estimate of drug-likeness (QED) is 0.585. The van der Waals surface area contributed by atoms with Crippen molar-refractivity contribution in [3.63, 3.8) is 0 Å². The maximum atomic E-state index is 12.3. The minimum Gasteiger partial charge on any atom is -0.493 e. The maximum Gasteiger partial charge on any atom is 0.259 e. The zero-order valence-electron chi connectivity index (χ0n) is 15.8. The summed E-state index contributed by atoms with van der Waals surface area (Å²) in [6, 6.07) is 10.4. The number of hydrogen-bond acceptors (Lipinski definition) is 4. The number of benzene rings is 2. The van der Waals surface area contributed by atoms with Gasteiger partial charge in [0.2, 0.25) is 0 Å². The van der Waals surface area contributed by atoms with E-state index in [9.17, 15) is 4.79 Å². The number of nitrogens with zero attached hydrogens (tertiary/aromatic N) is 1. The zero-order valence-corrected chi connectivity index (χ0v) is 17.3. The predicted molar refractivity (Wildman–Crippen MR) is 114 cm³/mol. The number of aromatic amines is 1. The lowest BCUT2D eigenvalue weighted by atomic mass is 10.1. The molecule has 1 N–H and O–H groups in total. The molecule has 0 bridgehead atoms. The van der Waals surface area contributed by atoms with Gasteiger partial charge in [0.25, 0.3) is 5.56 Å². The van der Waals surface area contributed by atoms with Crippen LogP contribution in [0.2, 0.25) is 5.02 Å². The van der Waals surface area contributed by atoms with E-state index >= 15 is 0 Å². The normalized spacial score (nSPS) is 11.9. The minimum absolute atomic E-state index is 0.266. The molecule has 0 fully saturated rings. The predicted octanol–water partition coefficient (Wildman–Crippen LogP) is 5.36. The van der Waals surface area contributed by atoms with Crippen LogP contribution in [0, 0.1) is 5.92 Å². The van der Waals surface area contributed by atoms with Gasteiger partial charge < -0.3 is 14.5 Å². The molecule has 0 spiro atoms. The molecule has 3 aromatic rings. The Hall–Kier alpha value is -2.50. The first-order chi connectivity index (χ1) is 13.4. The van der Waals surface area contributed by atoms with Gasteiger partial charge in [-0.15, -0.1) is 0 Å². The van der Waals surface area contributed by atoms with Crippen LogP contribution in [0.5, 0.6) is 11.5 Å². The van der Waals surface area contributed by atoms with Crippen molar-refractivity contribution in [2.45, 2.75) is 13.8 Å². The summed E-state index contributed by atoms with van der Waals surface area (Å²) in [4.78, 5) is 19.4. The molecule has 7 heteroatoms. The first-order valence-corrected chi connectivity index (χ1v) is 9.51. The number of halogens is 2. The van der Waals surface area contributed by atoms with Crippen LogP contribution in [-0.2, 0) is 0 Å². The van der Waals surface area contributed by atoms with Crippen LogP contribution in [0.3, 0.4) is 0 Å². The van der Waals surface area contributed by atoms with Crippen molar-refractivity contribution in [3.8, 4) is 11.5 Å². The number of ether oxygens (including phenoxy) is 2. The molecule has 0 aliphatic heterocycles. The van der Waals surface area contributed by atoms with Crippen molar-refractivity contribution >= 4 is 45.2 Å². The van der Waals surface area contributed by atoms with Crippen LogP contribution in [-0.4, -0.2) is 23.7 Å². The smallest absolute Gasteiger partial charge is 0.259 e. The van der Waals surface area contributed by atoms with Gasteiger partial charge in [0.15, 0.2) is 17.3 Å². The molecule has 0 aliphatic rings. The first kappa shape index (κ1) is 20.2. The van der Waals surface area contributed by atoms with E-state index in [4.69, 9.17) is 32.7 Å². The Bertz CT molecular complexity index is 1090. The molecule has 3 rings (SSSR count). The average molecular weight is 419 g/mol. The van der Waals surface area contributed by atoms with Crippen LogP contribution >= 0.6 is 23.2 Å². The van der Waals surface area contributed by atoms with Crippen molar-refractivity contribution in [3.05, 3.63) is 63.2 Å². The molecule has 146 valence electrons. The number of aromatic nitrogens is 2. The van der Waals surface area contributed by atoms with E-state index in [-0.39, 0.29) is 11.4 Å². The Morgan fingerprint density at radius 2 is 2.00 bits per heavy atom. The standard InChI is InChI=1S/C21H20Cl2N2O3/c1-12(2)11-28-19-9-13(4-7-18(19)27-3)8-16(23)20-24-17-10-14(22)5-6-15(17)21(26)25-20/h4-10,12H,11H2,1-3H3,(H,24,25,26)/b16-8-. The molecule has 0 amide bonds. The summed E-state index contributed by atoms with van der Waals surface area (Å²) < 4.78 is 11.2. The Morgan fingerprint density at radius 1 is 1.21 bits per heavy atom. The van der Waals surface area contributed by atoms with Gasteiger partial charge in [-0.05, 0) is 47.9 Å². The molecule has 1 aromatic heterocycles. The van der Waals surface area contributed by atoms with Gasteiger partial charge in [0, 0.05) is 5.02 Å². The summed E-state index contributed by atoms with van der Waals surface area (Å²) in [5.74, 6) is 1.91. The summed E-state index contributed by atoms with van der Waals surface area (Å²) in [5, 5.41) is 1.24. The highest BCUT2D eigenvalue weighted by Crippen LogP contribution is 2.30. The van der Waals surface area contributed by atoms with E-state index in [2.05, 4.69) is 23.8 Å². The molecule has 0 aliphatic carbocycles. The summed E-state index contributed by atoms with van der Waals surface area (Å²) >= 11 is 12.4. The minimum atomic E-state index is -0.279. The number of fused-ring (bicyclic) bond motifs is 1.